The van der Waals surface area contributed by atoms with E-state index >= 15 is 0 Å². The van der Waals surface area contributed by atoms with Crippen molar-refractivity contribution < 1.29 is 17.9 Å². The lowest BCUT2D eigenvalue weighted by atomic mass is 10.2. The summed E-state index contributed by atoms with van der Waals surface area (Å²) in [5.74, 6) is -0.407. The number of sulfonamides is 1. The molecule has 0 spiro atoms. The standard InChI is InChI=1S/C15H17ClN2O4S2/c1-9(2)22-14(19)7-11-8-23-15(17-11)18-24(20,21)13-6-4-5-12(16)10(13)3/h4-6,8-9H,7H2,1-3H3,(H,17,18). The fourth-order valence-electron chi connectivity index (χ4n) is 1.94. The molecule has 0 saturated heterocycles. The Morgan fingerprint density at radius 3 is 2.79 bits per heavy atom. The van der Waals surface area contributed by atoms with Gasteiger partial charge in [-0.1, -0.05) is 17.7 Å². The molecule has 0 fully saturated rings. The molecule has 0 radical (unpaired) electrons. The van der Waals surface area contributed by atoms with Gasteiger partial charge in [-0.2, -0.15) is 0 Å². The van der Waals surface area contributed by atoms with Crippen molar-refractivity contribution in [3.63, 3.8) is 0 Å². The quantitative estimate of drug-likeness (QED) is 0.766. The van der Waals surface area contributed by atoms with Crippen LogP contribution in [-0.4, -0.2) is 25.5 Å². The van der Waals surface area contributed by atoms with E-state index in [1.165, 1.54) is 6.07 Å². The first-order valence-corrected chi connectivity index (χ1v) is 9.85. The molecule has 2 rings (SSSR count). The number of hydrogen-bond donors (Lipinski definition) is 1. The van der Waals surface area contributed by atoms with E-state index in [1.54, 1.807) is 38.3 Å². The summed E-state index contributed by atoms with van der Waals surface area (Å²) in [7, 11) is -3.80. The number of nitrogens with zero attached hydrogens (tertiary/aromatic N) is 1. The van der Waals surface area contributed by atoms with Gasteiger partial charge in [-0.05, 0) is 38.5 Å². The molecule has 1 aromatic heterocycles. The predicted molar refractivity (Wildman–Crippen MR) is 94.0 cm³/mol. The monoisotopic (exact) mass is 388 g/mol. The van der Waals surface area contributed by atoms with Gasteiger partial charge in [0.25, 0.3) is 10.0 Å². The zero-order valence-electron chi connectivity index (χ0n) is 13.4. The van der Waals surface area contributed by atoms with Gasteiger partial charge in [0.15, 0.2) is 5.13 Å². The van der Waals surface area contributed by atoms with E-state index in [0.717, 1.165) is 11.3 Å². The summed E-state index contributed by atoms with van der Waals surface area (Å²) in [6.07, 6.45) is -0.216. The van der Waals surface area contributed by atoms with Crippen LogP contribution >= 0.6 is 22.9 Å². The third-order valence-corrected chi connectivity index (χ3v) is 5.80. The van der Waals surface area contributed by atoms with Gasteiger partial charge in [0.05, 0.1) is 23.1 Å². The molecule has 6 nitrogen and oxygen atoms in total. The second kappa shape index (κ2) is 7.50. The smallest absolute Gasteiger partial charge is 0.312 e. The maximum absolute atomic E-state index is 12.5. The van der Waals surface area contributed by atoms with Crippen molar-refractivity contribution in [2.75, 3.05) is 4.72 Å². The number of ether oxygens (including phenoxy) is 1. The molecule has 2 aromatic rings. The summed E-state index contributed by atoms with van der Waals surface area (Å²) in [5, 5.41) is 2.17. The lowest BCUT2D eigenvalue weighted by Crippen LogP contribution is -2.15. The van der Waals surface area contributed by atoms with E-state index in [0.29, 0.717) is 16.3 Å². The van der Waals surface area contributed by atoms with Crippen LogP contribution in [0.1, 0.15) is 25.1 Å². The molecule has 0 aliphatic carbocycles. The number of esters is 1. The maximum Gasteiger partial charge on any atom is 0.312 e. The number of carbonyl (C=O) groups excluding carboxylic acids is 1. The third kappa shape index (κ3) is 4.68. The first-order chi connectivity index (χ1) is 11.2. The van der Waals surface area contributed by atoms with E-state index in [1.807, 2.05) is 0 Å². The molecule has 1 aromatic carbocycles. The van der Waals surface area contributed by atoms with Gasteiger partial charge in [-0.15, -0.1) is 11.3 Å². The van der Waals surface area contributed by atoms with Crippen molar-refractivity contribution in [2.24, 2.45) is 0 Å². The summed E-state index contributed by atoms with van der Waals surface area (Å²) in [5.41, 5.74) is 0.912. The number of rotatable bonds is 6. The van der Waals surface area contributed by atoms with Crippen molar-refractivity contribution in [3.05, 3.63) is 39.9 Å². The Kier molecular flexibility index (Phi) is 5.84. The summed E-state index contributed by atoms with van der Waals surface area (Å²) >= 11 is 7.07. The van der Waals surface area contributed by atoms with E-state index < -0.39 is 16.0 Å². The van der Waals surface area contributed by atoms with E-state index in [2.05, 4.69) is 9.71 Å². The normalized spacial score (nSPS) is 11.5. The first-order valence-electron chi connectivity index (χ1n) is 7.11. The van der Waals surface area contributed by atoms with Gasteiger partial charge >= 0.3 is 5.97 Å². The van der Waals surface area contributed by atoms with Crippen molar-refractivity contribution >= 4 is 44.1 Å². The zero-order valence-corrected chi connectivity index (χ0v) is 15.8. The summed E-state index contributed by atoms with van der Waals surface area (Å²) in [6, 6.07) is 4.66. The van der Waals surface area contributed by atoms with Crippen LogP contribution < -0.4 is 4.72 Å². The first kappa shape index (κ1) is 18.7. The summed E-state index contributed by atoms with van der Waals surface area (Å²) < 4.78 is 32.4. The van der Waals surface area contributed by atoms with Crippen molar-refractivity contribution in [2.45, 2.75) is 38.2 Å². The average Bonchev–Trinajstić information content (AvgIpc) is 2.86. The zero-order chi connectivity index (χ0) is 17.9. The molecule has 0 atom stereocenters. The lowest BCUT2D eigenvalue weighted by Gasteiger charge is -2.09. The maximum atomic E-state index is 12.5. The molecule has 0 saturated carbocycles. The Bertz CT molecular complexity index is 847. The van der Waals surface area contributed by atoms with Gasteiger partial charge in [-0.25, -0.2) is 13.4 Å². The second-order valence-electron chi connectivity index (χ2n) is 5.33. The molecule has 0 aliphatic heterocycles. The Hall–Kier alpha value is -1.64. The molecular weight excluding hydrogens is 372 g/mol. The van der Waals surface area contributed by atoms with Crippen molar-refractivity contribution in [1.82, 2.24) is 4.98 Å². The number of carbonyl (C=O) groups is 1. The fraction of sp³-hybridized carbons (Fsp3) is 0.333. The van der Waals surface area contributed by atoms with Crippen LogP contribution in [0.3, 0.4) is 0 Å². The number of aromatic nitrogens is 1. The van der Waals surface area contributed by atoms with E-state index in [4.69, 9.17) is 16.3 Å². The Morgan fingerprint density at radius 2 is 2.12 bits per heavy atom. The highest BCUT2D eigenvalue weighted by Crippen LogP contribution is 2.26. The minimum Gasteiger partial charge on any atom is -0.463 e. The van der Waals surface area contributed by atoms with Crippen LogP contribution in [0.5, 0.6) is 0 Å². The van der Waals surface area contributed by atoms with Gasteiger partial charge in [0, 0.05) is 10.4 Å². The molecular formula is C15H17ClN2O4S2. The Balaban J connectivity index is 2.14. The van der Waals surface area contributed by atoms with Crippen LogP contribution in [0.25, 0.3) is 0 Å². The van der Waals surface area contributed by atoms with Crippen LogP contribution in [0.15, 0.2) is 28.5 Å². The summed E-state index contributed by atoms with van der Waals surface area (Å²) in [6.45, 7) is 5.14. The topological polar surface area (TPSA) is 85.4 Å². The SMILES string of the molecule is Cc1c(Cl)cccc1S(=O)(=O)Nc1nc(CC(=O)OC(C)C)cs1. The average molecular weight is 389 g/mol. The minimum atomic E-state index is -3.80. The Morgan fingerprint density at radius 1 is 1.42 bits per heavy atom. The highest BCUT2D eigenvalue weighted by atomic mass is 35.5. The van der Waals surface area contributed by atoms with Crippen LogP contribution in [0.4, 0.5) is 5.13 Å². The second-order valence-corrected chi connectivity index (χ2v) is 8.24. The fourth-order valence-corrected chi connectivity index (χ4v) is 4.40. The van der Waals surface area contributed by atoms with Crippen molar-refractivity contribution in [1.29, 1.82) is 0 Å². The van der Waals surface area contributed by atoms with Gasteiger partial charge < -0.3 is 4.74 Å². The molecule has 9 heteroatoms. The number of benzene rings is 1. The number of thiazole rings is 1. The molecule has 0 bridgehead atoms. The van der Waals surface area contributed by atoms with E-state index in [9.17, 15) is 13.2 Å². The predicted octanol–water partition coefficient (Wildman–Crippen LogP) is 3.40. The third-order valence-electron chi connectivity index (χ3n) is 2.97. The van der Waals surface area contributed by atoms with Gasteiger partial charge in [0.2, 0.25) is 0 Å². The Labute approximate surface area is 149 Å². The van der Waals surface area contributed by atoms with Gasteiger partial charge in [-0.3, -0.25) is 9.52 Å². The van der Waals surface area contributed by atoms with Crippen LogP contribution in [0.2, 0.25) is 5.02 Å². The van der Waals surface area contributed by atoms with Gasteiger partial charge in [0.1, 0.15) is 0 Å². The highest BCUT2D eigenvalue weighted by Gasteiger charge is 2.20. The number of nitrogens with one attached hydrogen (secondary N) is 1. The molecule has 1 heterocycles. The summed E-state index contributed by atoms with van der Waals surface area (Å²) in [4.78, 5) is 15.8. The molecule has 1 N–H and O–H groups in total. The minimum absolute atomic E-state index is 0.00734. The molecule has 0 aliphatic rings. The molecule has 130 valence electrons. The lowest BCUT2D eigenvalue weighted by molar-refractivity contribution is -0.146. The molecule has 0 amide bonds. The van der Waals surface area contributed by atoms with E-state index in [-0.39, 0.29) is 22.6 Å². The largest absolute Gasteiger partial charge is 0.463 e. The van der Waals surface area contributed by atoms with Crippen molar-refractivity contribution in [3.8, 4) is 0 Å². The van der Waals surface area contributed by atoms with Crippen LogP contribution in [0, 0.1) is 6.92 Å². The number of halogens is 1. The molecule has 24 heavy (non-hydrogen) atoms. The van der Waals surface area contributed by atoms with Crippen LogP contribution in [-0.2, 0) is 26.0 Å². The number of anilines is 1. The highest BCUT2D eigenvalue weighted by molar-refractivity contribution is 7.93. The molecule has 0 unspecified atom stereocenters. The number of hydrogen-bond acceptors (Lipinski definition) is 6.